The molecule has 1 N–H and O–H groups in total. The van der Waals surface area contributed by atoms with Gasteiger partial charge in [-0.3, -0.25) is 0 Å². The molecular weight excluding hydrogens is 188 g/mol. The minimum atomic E-state index is 0.652. The lowest BCUT2D eigenvalue weighted by Gasteiger charge is -2.26. The molecule has 3 heteroatoms. The maximum atomic E-state index is 5.40. The molecule has 1 aliphatic rings. The number of hydrogen-bond donors (Lipinski definition) is 1. The third kappa shape index (κ3) is 4.96. The van der Waals surface area contributed by atoms with Crippen LogP contribution in [0.4, 0.5) is 0 Å². The van der Waals surface area contributed by atoms with Gasteiger partial charge in [-0.25, -0.2) is 0 Å². The van der Waals surface area contributed by atoms with Gasteiger partial charge < -0.3 is 15.0 Å². The fourth-order valence-electron chi connectivity index (χ4n) is 2.10. The van der Waals surface area contributed by atoms with E-state index in [-0.39, 0.29) is 0 Å². The van der Waals surface area contributed by atoms with E-state index in [2.05, 4.69) is 31.1 Å². The Labute approximate surface area is 94.2 Å². The monoisotopic (exact) mass is 214 g/mol. The maximum Gasteiger partial charge on any atom is 0.0622 e. The molecule has 0 aromatic heterocycles. The Morgan fingerprint density at radius 1 is 1.53 bits per heavy atom. The van der Waals surface area contributed by atoms with Crippen LogP contribution >= 0.6 is 0 Å². The minimum absolute atomic E-state index is 0.652. The van der Waals surface area contributed by atoms with Crippen LogP contribution < -0.4 is 5.32 Å². The summed E-state index contributed by atoms with van der Waals surface area (Å²) in [5.74, 6) is 0.724. The first-order valence-corrected chi connectivity index (χ1v) is 6.22. The fourth-order valence-corrected chi connectivity index (χ4v) is 2.10. The number of likely N-dealkylation sites (N-methyl/N-ethyl adjacent to an activating group) is 1. The van der Waals surface area contributed by atoms with Crippen molar-refractivity contribution in [2.45, 2.75) is 32.7 Å². The van der Waals surface area contributed by atoms with E-state index in [1.807, 2.05) is 0 Å². The van der Waals surface area contributed by atoms with Crippen LogP contribution in [0.25, 0.3) is 0 Å². The summed E-state index contributed by atoms with van der Waals surface area (Å²) in [5, 5.41) is 3.47. The topological polar surface area (TPSA) is 24.5 Å². The lowest BCUT2D eigenvalue weighted by molar-refractivity contribution is 0.150. The van der Waals surface area contributed by atoms with E-state index >= 15 is 0 Å². The highest BCUT2D eigenvalue weighted by Gasteiger charge is 2.21. The smallest absolute Gasteiger partial charge is 0.0622 e. The molecule has 1 aliphatic heterocycles. The highest BCUT2D eigenvalue weighted by Crippen LogP contribution is 2.11. The third-order valence-corrected chi connectivity index (χ3v) is 3.05. The van der Waals surface area contributed by atoms with Gasteiger partial charge in [-0.1, -0.05) is 13.8 Å². The van der Waals surface area contributed by atoms with Gasteiger partial charge in [0, 0.05) is 19.2 Å². The Hall–Kier alpha value is -0.120. The highest BCUT2D eigenvalue weighted by molar-refractivity contribution is 4.74. The van der Waals surface area contributed by atoms with Gasteiger partial charge in [0.2, 0.25) is 0 Å². The predicted octanol–water partition coefficient (Wildman–Crippen LogP) is 1.34. The first kappa shape index (κ1) is 12.9. The standard InChI is InChI=1S/C12H26N2O/c1-4-6-13-8-11(2)9-14(3)12-5-7-15-10-12/h11-13H,4-10H2,1-3H3. The second kappa shape index (κ2) is 7.20. The second-order valence-electron chi connectivity index (χ2n) is 4.77. The summed E-state index contributed by atoms with van der Waals surface area (Å²) < 4.78 is 5.40. The van der Waals surface area contributed by atoms with Crippen LogP contribution in [0.5, 0.6) is 0 Å². The van der Waals surface area contributed by atoms with Gasteiger partial charge in [0.15, 0.2) is 0 Å². The molecule has 0 aromatic rings. The van der Waals surface area contributed by atoms with Crippen LogP contribution in [0.2, 0.25) is 0 Å². The summed E-state index contributed by atoms with van der Waals surface area (Å²) in [6, 6.07) is 0.652. The van der Waals surface area contributed by atoms with E-state index in [1.54, 1.807) is 0 Å². The van der Waals surface area contributed by atoms with Gasteiger partial charge in [-0.05, 0) is 38.9 Å². The van der Waals surface area contributed by atoms with Gasteiger partial charge in [0.25, 0.3) is 0 Å². The molecule has 0 aromatic carbocycles. The molecule has 1 fully saturated rings. The largest absolute Gasteiger partial charge is 0.380 e. The fraction of sp³-hybridized carbons (Fsp3) is 1.00. The molecule has 0 radical (unpaired) electrons. The molecule has 15 heavy (non-hydrogen) atoms. The number of nitrogens with zero attached hydrogens (tertiary/aromatic N) is 1. The van der Waals surface area contributed by atoms with E-state index < -0.39 is 0 Å². The summed E-state index contributed by atoms with van der Waals surface area (Å²) in [4.78, 5) is 2.45. The first-order valence-electron chi connectivity index (χ1n) is 6.22. The van der Waals surface area contributed by atoms with E-state index in [0.29, 0.717) is 6.04 Å². The van der Waals surface area contributed by atoms with E-state index in [9.17, 15) is 0 Å². The molecule has 1 heterocycles. The lowest BCUT2D eigenvalue weighted by atomic mass is 10.1. The van der Waals surface area contributed by atoms with Crippen molar-refractivity contribution in [1.29, 1.82) is 0 Å². The number of rotatable bonds is 7. The van der Waals surface area contributed by atoms with Gasteiger partial charge in [-0.2, -0.15) is 0 Å². The Balaban J connectivity index is 2.10. The molecule has 3 nitrogen and oxygen atoms in total. The Bertz CT molecular complexity index is 158. The normalized spacial score (nSPS) is 23.6. The molecule has 2 unspecified atom stereocenters. The van der Waals surface area contributed by atoms with Crippen LogP contribution in [0, 0.1) is 5.92 Å². The third-order valence-electron chi connectivity index (χ3n) is 3.05. The van der Waals surface area contributed by atoms with Crippen LogP contribution in [0.1, 0.15) is 26.7 Å². The van der Waals surface area contributed by atoms with Crippen molar-refractivity contribution in [2.24, 2.45) is 5.92 Å². The van der Waals surface area contributed by atoms with Gasteiger partial charge >= 0.3 is 0 Å². The molecule has 2 atom stereocenters. The average molecular weight is 214 g/mol. The van der Waals surface area contributed by atoms with Crippen molar-refractivity contribution < 1.29 is 4.74 Å². The zero-order valence-corrected chi connectivity index (χ0v) is 10.5. The summed E-state index contributed by atoms with van der Waals surface area (Å²) >= 11 is 0. The molecule has 0 saturated carbocycles. The molecule has 0 aliphatic carbocycles. The number of ether oxygens (including phenoxy) is 1. The van der Waals surface area contributed by atoms with Crippen LogP contribution in [-0.2, 0) is 4.74 Å². The Kier molecular flexibility index (Phi) is 6.22. The first-order chi connectivity index (χ1) is 7.24. The zero-order chi connectivity index (χ0) is 11.1. The van der Waals surface area contributed by atoms with Crippen molar-refractivity contribution in [3.8, 4) is 0 Å². The molecule has 90 valence electrons. The Morgan fingerprint density at radius 2 is 2.33 bits per heavy atom. The van der Waals surface area contributed by atoms with E-state index in [4.69, 9.17) is 4.74 Å². The average Bonchev–Trinajstić information content (AvgIpc) is 2.70. The molecule has 0 bridgehead atoms. The quantitative estimate of drug-likeness (QED) is 0.647. The van der Waals surface area contributed by atoms with Crippen molar-refractivity contribution in [3.05, 3.63) is 0 Å². The van der Waals surface area contributed by atoms with Gasteiger partial charge in [0.05, 0.1) is 6.61 Å². The van der Waals surface area contributed by atoms with Crippen LogP contribution in [0.3, 0.4) is 0 Å². The van der Waals surface area contributed by atoms with E-state index in [0.717, 1.165) is 32.2 Å². The van der Waals surface area contributed by atoms with Crippen LogP contribution in [-0.4, -0.2) is 50.8 Å². The summed E-state index contributed by atoms with van der Waals surface area (Å²) in [5.41, 5.74) is 0. The molecule has 1 saturated heterocycles. The second-order valence-corrected chi connectivity index (χ2v) is 4.77. The molecule has 0 spiro atoms. The van der Waals surface area contributed by atoms with Crippen molar-refractivity contribution in [2.75, 3.05) is 39.9 Å². The lowest BCUT2D eigenvalue weighted by Crippen LogP contribution is -2.38. The zero-order valence-electron chi connectivity index (χ0n) is 10.5. The Morgan fingerprint density at radius 3 is 2.93 bits per heavy atom. The van der Waals surface area contributed by atoms with Crippen molar-refractivity contribution in [3.63, 3.8) is 0 Å². The number of hydrogen-bond acceptors (Lipinski definition) is 3. The maximum absolute atomic E-state index is 5.40. The van der Waals surface area contributed by atoms with Crippen molar-refractivity contribution >= 4 is 0 Å². The summed E-state index contributed by atoms with van der Waals surface area (Å²) in [6.45, 7) is 9.83. The van der Waals surface area contributed by atoms with Crippen LogP contribution in [0.15, 0.2) is 0 Å². The molecule has 1 rings (SSSR count). The SMILES string of the molecule is CCCNCC(C)CN(C)C1CCOC1. The van der Waals surface area contributed by atoms with Gasteiger partial charge in [0.1, 0.15) is 0 Å². The number of nitrogens with one attached hydrogen (secondary N) is 1. The van der Waals surface area contributed by atoms with Gasteiger partial charge in [-0.15, -0.1) is 0 Å². The molecular formula is C12H26N2O. The minimum Gasteiger partial charge on any atom is -0.380 e. The summed E-state index contributed by atoms with van der Waals surface area (Å²) in [7, 11) is 2.22. The molecule has 0 amide bonds. The predicted molar refractivity (Wildman–Crippen MR) is 64.2 cm³/mol. The van der Waals surface area contributed by atoms with E-state index in [1.165, 1.54) is 19.4 Å². The summed E-state index contributed by atoms with van der Waals surface area (Å²) in [6.07, 6.45) is 2.42. The van der Waals surface area contributed by atoms with Crippen molar-refractivity contribution in [1.82, 2.24) is 10.2 Å². The highest BCUT2D eigenvalue weighted by atomic mass is 16.5.